The molecule has 1 heterocycles. The van der Waals surface area contributed by atoms with E-state index in [2.05, 4.69) is 0 Å². The maximum atomic E-state index is 13.0. The highest BCUT2D eigenvalue weighted by molar-refractivity contribution is 7.09. The molecule has 8 heteroatoms. The second kappa shape index (κ2) is 9.45. The highest BCUT2D eigenvalue weighted by Gasteiger charge is 2.19. The number of nitrogens with zero attached hydrogens (tertiary/aromatic N) is 1. The van der Waals surface area contributed by atoms with E-state index in [-0.39, 0.29) is 23.8 Å². The molecule has 0 aliphatic carbocycles. The lowest BCUT2D eigenvalue weighted by atomic mass is 10.2. The molecule has 150 valence electrons. The Labute approximate surface area is 177 Å². The minimum Gasteiger partial charge on any atom is -0.497 e. The Kier molecular flexibility index (Phi) is 6.74. The number of halogens is 1. The van der Waals surface area contributed by atoms with Crippen molar-refractivity contribution < 1.29 is 19.1 Å². The Hall–Kier alpha value is -3.03. The second-order valence-electron chi connectivity index (χ2n) is 6.05. The molecule has 3 rings (SSSR count). The minimum atomic E-state index is -0.680. The largest absolute Gasteiger partial charge is 0.497 e. The van der Waals surface area contributed by atoms with Crippen LogP contribution in [-0.2, 0) is 11.3 Å². The fraction of sp³-hybridized carbons (Fsp3) is 0.143. The first-order valence-corrected chi connectivity index (χ1v) is 9.92. The number of primary amides is 1. The topological polar surface area (TPSA) is 81.9 Å². The fourth-order valence-corrected chi connectivity index (χ4v) is 3.55. The van der Waals surface area contributed by atoms with E-state index in [0.717, 1.165) is 4.88 Å². The van der Waals surface area contributed by atoms with Gasteiger partial charge in [-0.2, -0.15) is 0 Å². The molecule has 2 amide bonds. The summed E-state index contributed by atoms with van der Waals surface area (Å²) >= 11 is 7.47. The van der Waals surface area contributed by atoms with Gasteiger partial charge in [-0.3, -0.25) is 9.59 Å². The highest BCUT2D eigenvalue weighted by Crippen LogP contribution is 2.25. The average molecular weight is 431 g/mol. The molecule has 3 aromatic rings. The Morgan fingerprint density at radius 1 is 1.14 bits per heavy atom. The molecule has 0 atom stereocenters. The van der Waals surface area contributed by atoms with Gasteiger partial charge in [0.15, 0.2) is 6.61 Å². The van der Waals surface area contributed by atoms with Crippen LogP contribution in [0.25, 0.3) is 0 Å². The van der Waals surface area contributed by atoms with Crippen molar-refractivity contribution in [1.29, 1.82) is 0 Å². The molecule has 2 aromatic carbocycles. The van der Waals surface area contributed by atoms with Crippen molar-refractivity contribution in [2.24, 2.45) is 5.73 Å². The van der Waals surface area contributed by atoms with E-state index in [1.165, 1.54) is 12.1 Å². The Morgan fingerprint density at radius 2 is 1.90 bits per heavy atom. The average Bonchev–Trinajstić information content (AvgIpc) is 3.24. The van der Waals surface area contributed by atoms with Gasteiger partial charge in [-0.1, -0.05) is 17.7 Å². The van der Waals surface area contributed by atoms with E-state index >= 15 is 0 Å². The molecule has 0 fully saturated rings. The molecule has 2 N–H and O–H groups in total. The molecule has 0 unspecified atom stereocenters. The van der Waals surface area contributed by atoms with Gasteiger partial charge in [-0.15, -0.1) is 11.3 Å². The van der Waals surface area contributed by atoms with Crippen molar-refractivity contribution in [1.82, 2.24) is 0 Å². The van der Waals surface area contributed by atoms with Crippen LogP contribution < -0.4 is 20.1 Å². The summed E-state index contributed by atoms with van der Waals surface area (Å²) in [5.74, 6) is -0.0451. The molecular weight excluding hydrogens is 412 g/mol. The minimum absolute atomic E-state index is 0.125. The van der Waals surface area contributed by atoms with E-state index in [0.29, 0.717) is 23.0 Å². The van der Waals surface area contributed by atoms with E-state index in [4.69, 9.17) is 26.8 Å². The molecule has 29 heavy (non-hydrogen) atoms. The predicted molar refractivity (Wildman–Crippen MR) is 114 cm³/mol. The number of nitrogens with two attached hydrogens (primary N) is 1. The van der Waals surface area contributed by atoms with E-state index in [9.17, 15) is 9.59 Å². The fourth-order valence-electron chi connectivity index (χ4n) is 2.68. The molecule has 1 aromatic heterocycles. The molecule has 0 saturated heterocycles. The van der Waals surface area contributed by atoms with Crippen molar-refractivity contribution in [3.63, 3.8) is 0 Å². The molecule has 0 bridgehead atoms. The van der Waals surface area contributed by atoms with E-state index in [1.54, 1.807) is 41.5 Å². The van der Waals surface area contributed by atoms with Crippen LogP contribution in [0.1, 0.15) is 15.2 Å². The van der Waals surface area contributed by atoms with Gasteiger partial charge < -0.3 is 20.1 Å². The first-order chi connectivity index (χ1) is 14.0. The van der Waals surface area contributed by atoms with Crippen LogP contribution in [0.5, 0.6) is 11.5 Å². The monoisotopic (exact) mass is 430 g/mol. The van der Waals surface area contributed by atoms with Crippen molar-refractivity contribution in [3.8, 4) is 11.5 Å². The van der Waals surface area contributed by atoms with Crippen LogP contribution in [0.2, 0.25) is 5.02 Å². The third-order valence-corrected chi connectivity index (χ3v) is 5.23. The summed E-state index contributed by atoms with van der Waals surface area (Å²) in [7, 11) is 1.58. The van der Waals surface area contributed by atoms with Crippen LogP contribution >= 0.6 is 22.9 Å². The standard InChI is InChI=1S/C21H19ClN2O4S/c1-27-16-7-5-15(6-8-16)24(12-17-3-2-10-29-17)20(25)13-28-19-9-4-14(22)11-18(19)21(23)26/h2-11H,12-13H2,1H3,(H2,23,26). The third-order valence-electron chi connectivity index (χ3n) is 4.14. The number of ether oxygens (including phenoxy) is 2. The number of methoxy groups -OCH3 is 1. The van der Waals surface area contributed by atoms with E-state index in [1.807, 2.05) is 29.6 Å². The molecular formula is C21H19ClN2O4S. The zero-order valence-electron chi connectivity index (χ0n) is 15.6. The lowest BCUT2D eigenvalue weighted by molar-refractivity contribution is -0.120. The van der Waals surface area contributed by atoms with Crippen LogP contribution in [-0.4, -0.2) is 25.5 Å². The van der Waals surface area contributed by atoms with Crippen molar-refractivity contribution >= 4 is 40.4 Å². The van der Waals surface area contributed by atoms with Crippen LogP contribution in [0.3, 0.4) is 0 Å². The number of benzene rings is 2. The number of rotatable bonds is 8. The lowest BCUT2D eigenvalue weighted by Gasteiger charge is -2.23. The Bertz CT molecular complexity index is 990. The summed E-state index contributed by atoms with van der Waals surface area (Å²) in [5.41, 5.74) is 6.21. The zero-order valence-corrected chi connectivity index (χ0v) is 17.2. The summed E-state index contributed by atoms with van der Waals surface area (Å²) in [6.45, 7) is 0.134. The quantitative estimate of drug-likeness (QED) is 0.582. The maximum Gasteiger partial charge on any atom is 0.265 e. The molecule has 0 radical (unpaired) electrons. The number of carbonyl (C=O) groups excluding carboxylic acids is 2. The van der Waals surface area contributed by atoms with Crippen molar-refractivity contribution in [2.45, 2.75) is 6.54 Å². The molecule has 0 aliphatic heterocycles. The lowest BCUT2D eigenvalue weighted by Crippen LogP contribution is -2.34. The highest BCUT2D eigenvalue weighted by atomic mass is 35.5. The Morgan fingerprint density at radius 3 is 2.52 bits per heavy atom. The third kappa shape index (κ3) is 5.28. The first-order valence-electron chi connectivity index (χ1n) is 8.67. The van der Waals surface area contributed by atoms with Gasteiger partial charge in [-0.25, -0.2) is 0 Å². The first kappa shape index (κ1) is 20.7. The maximum absolute atomic E-state index is 13.0. The van der Waals surface area contributed by atoms with Gasteiger partial charge in [0.1, 0.15) is 11.5 Å². The summed E-state index contributed by atoms with van der Waals surface area (Å²) in [5, 5.41) is 2.31. The number of anilines is 1. The van der Waals surface area contributed by atoms with Crippen LogP contribution in [0, 0.1) is 0 Å². The van der Waals surface area contributed by atoms with Gasteiger partial charge in [0.25, 0.3) is 11.8 Å². The van der Waals surface area contributed by atoms with Crippen LogP contribution in [0.15, 0.2) is 60.0 Å². The number of amides is 2. The molecule has 0 spiro atoms. The van der Waals surface area contributed by atoms with E-state index < -0.39 is 5.91 Å². The number of hydrogen-bond donors (Lipinski definition) is 1. The Balaban J connectivity index is 1.80. The SMILES string of the molecule is COc1ccc(N(Cc2cccs2)C(=O)COc2ccc(Cl)cc2C(N)=O)cc1. The normalized spacial score (nSPS) is 10.4. The van der Waals surface area contributed by atoms with Gasteiger partial charge in [0.05, 0.1) is 19.2 Å². The van der Waals surface area contributed by atoms with Gasteiger partial charge in [0, 0.05) is 15.6 Å². The summed E-state index contributed by atoms with van der Waals surface area (Å²) < 4.78 is 10.8. The smallest absolute Gasteiger partial charge is 0.265 e. The zero-order chi connectivity index (χ0) is 20.8. The number of hydrogen-bond acceptors (Lipinski definition) is 5. The van der Waals surface area contributed by atoms with Crippen molar-refractivity contribution in [2.75, 3.05) is 18.6 Å². The van der Waals surface area contributed by atoms with Crippen LogP contribution in [0.4, 0.5) is 5.69 Å². The molecule has 0 aliphatic rings. The number of thiophene rings is 1. The summed E-state index contributed by atoms with van der Waals surface area (Å²) in [4.78, 5) is 27.2. The molecule has 6 nitrogen and oxygen atoms in total. The van der Waals surface area contributed by atoms with Gasteiger partial charge in [-0.05, 0) is 53.9 Å². The van der Waals surface area contributed by atoms with Crippen molar-refractivity contribution in [3.05, 3.63) is 75.4 Å². The summed E-state index contributed by atoms with van der Waals surface area (Å²) in [6, 6.07) is 15.6. The van der Waals surface area contributed by atoms with Gasteiger partial charge in [0.2, 0.25) is 0 Å². The molecule has 0 saturated carbocycles. The summed E-state index contributed by atoms with van der Waals surface area (Å²) in [6.07, 6.45) is 0. The predicted octanol–water partition coefficient (Wildman–Crippen LogP) is 4.12. The van der Waals surface area contributed by atoms with Gasteiger partial charge >= 0.3 is 0 Å². The number of carbonyl (C=O) groups is 2. The second-order valence-corrected chi connectivity index (χ2v) is 7.52.